The van der Waals surface area contributed by atoms with Crippen molar-refractivity contribution < 1.29 is 0 Å². The van der Waals surface area contributed by atoms with Crippen LogP contribution < -0.4 is 5.73 Å². The maximum atomic E-state index is 6.11. The highest BCUT2D eigenvalue weighted by Crippen LogP contribution is 2.41. The number of nitrogens with two attached hydrogens (primary N) is 1. The third kappa shape index (κ3) is 1.79. The molecule has 0 amide bonds. The van der Waals surface area contributed by atoms with E-state index in [9.17, 15) is 0 Å². The summed E-state index contributed by atoms with van der Waals surface area (Å²) >= 11 is 0. The molecule has 1 atom stereocenters. The molecule has 0 spiro atoms. The van der Waals surface area contributed by atoms with E-state index in [0.717, 1.165) is 19.1 Å². The third-order valence-corrected chi connectivity index (χ3v) is 5.19. The first-order valence-corrected chi connectivity index (χ1v) is 7.85. The minimum absolute atomic E-state index is 0.428. The van der Waals surface area contributed by atoms with E-state index in [2.05, 4.69) is 41.3 Å². The molecule has 0 saturated heterocycles. The van der Waals surface area contributed by atoms with Crippen molar-refractivity contribution in [3.8, 4) is 0 Å². The average Bonchev–Trinajstić information content (AvgIpc) is 3.13. The molecule has 1 heterocycles. The first-order valence-electron chi connectivity index (χ1n) is 7.85. The van der Waals surface area contributed by atoms with Crippen LogP contribution >= 0.6 is 0 Å². The summed E-state index contributed by atoms with van der Waals surface area (Å²) in [6.07, 6.45) is 5.47. The Hall–Kier alpha value is -1.38. The largest absolute Gasteiger partial charge is 0.329 e. The highest BCUT2D eigenvalue weighted by Gasteiger charge is 2.35. The van der Waals surface area contributed by atoms with Gasteiger partial charge >= 0.3 is 0 Å². The molecule has 4 rings (SSSR count). The summed E-state index contributed by atoms with van der Waals surface area (Å²) in [5.41, 5.74) is 9.10. The fourth-order valence-corrected chi connectivity index (χ4v) is 4.19. The molecule has 1 aliphatic heterocycles. The lowest BCUT2D eigenvalue weighted by Gasteiger charge is -2.29. The average molecular weight is 266 g/mol. The molecule has 2 aromatic rings. The molecule has 1 fully saturated rings. The minimum Gasteiger partial charge on any atom is -0.329 e. The lowest BCUT2D eigenvalue weighted by Crippen LogP contribution is -2.35. The van der Waals surface area contributed by atoms with Crippen LogP contribution in [0.15, 0.2) is 36.4 Å². The van der Waals surface area contributed by atoms with E-state index in [1.807, 2.05) is 0 Å². The van der Waals surface area contributed by atoms with Crippen LogP contribution in [-0.4, -0.2) is 17.5 Å². The number of rotatable bonds is 2. The van der Waals surface area contributed by atoms with Crippen molar-refractivity contribution in [3.05, 3.63) is 47.5 Å². The summed E-state index contributed by atoms with van der Waals surface area (Å²) in [7, 11) is 0. The Kier molecular flexibility index (Phi) is 3.01. The minimum atomic E-state index is 0.428. The molecular weight excluding hydrogens is 244 g/mol. The van der Waals surface area contributed by atoms with E-state index in [-0.39, 0.29) is 0 Å². The Labute approximate surface area is 120 Å². The standard InChI is InChI=1S/C18H22N2/c19-11-18-16-10-9-13-5-1-4-8-15(13)17(16)12-20(18)14-6-2-3-7-14/h1,4-5,8-10,14,18H,2-3,6-7,11-12,19H2. The Bertz CT molecular complexity index is 628. The van der Waals surface area contributed by atoms with E-state index in [4.69, 9.17) is 5.73 Å². The van der Waals surface area contributed by atoms with E-state index in [1.54, 1.807) is 0 Å². The fourth-order valence-electron chi connectivity index (χ4n) is 4.19. The zero-order valence-corrected chi connectivity index (χ0v) is 11.9. The fraction of sp³-hybridized carbons (Fsp3) is 0.444. The summed E-state index contributed by atoms with van der Waals surface area (Å²) in [4.78, 5) is 2.67. The zero-order valence-electron chi connectivity index (χ0n) is 11.9. The van der Waals surface area contributed by atoms with Gasteiger partial charge in [0.1, 0.15) is 0 Å². The second-order valence-corrected chi connectivity index (χ2v) is 6.22. The van der Waals surface area contributed by atoms with Crippen molar-refractivity contribution in [2.45, 2.75) is 44.3 Å². The van der Waals surface area contributed by atoms with Gasteiger partial charge in [0, 0.05) is 25.2 Å². The lowest BCUT2D eigenvalue weighted by atomic mass is 9.98. The predicted octanol–water partition coefficient (Wildman–Crippen LogP) is 3.60. The molecular formula is C18H22N2. The smallest absolute Gasteiger partial charge is 0.0480 e. The number of hydrogen-bond acceptors (Lipinski definition) is 2. The molecule has 2 nitrogen and oxygen atoms in total. The van der Waals surface area contributed by atoms with Crippen molar-refractivity contribution in [2.24, 2.45) is 5.73 Å². The Morgan fingerprint density at radius 1 is 1.05 bits per heavy atom. The van der Waals surface area contributed by atoms with Gasteiger partial charge in [-0.15, -0.1) is 0 Å². The van der Waals surface area contributed by atoms with Gasteiger partial charge in [0.2, 0.25) is 0 Å². The van der Waals surface area contributed by atoms with Crippen LogP contribution in [0.4, 0.5) is 0 Å². The van der Waals surface area contributed by atoms with Crippen LogP contribution in [-0.2, 0) is 6.54 Å². The van der Waals surface area contributed by atoms with Gasteiger partial charge in [-0.2, -0.15) is 0 Å². The molecule has 0 radical (unpaired) electrons. The van der Waals surface area contributed by atoms with Gasteiger partial charge in [-0.05, 0) is 34.7 Å². The maximum absolute atomic E-state index is 6.11. The second-order valence-electron chi connectivity index (χ2n) is 6.22. The Morgan fingerprint density at radius 3 is 2.65 bits per heavy atom. The van der Waals surface area contributed by atoms with Gasteiger partial charge < -0.3 is 5.73 Å². The van der Waals surface area contributed by atoms with Gasteiger partial charge in [0.15, 0.2) is 0 Å². The third-order valence-electron chi connectivity index (χ3n) is 5.19. The monoisotopic (exact) mass is 266 g/mol. The summed E-state index contributed by atoms with van der Waals surface area (Å²) in [6.45, 7) is 1.82. The first-order chi connectivity index (χ1) is 9.88. The van der Waals surface area contributed by atoms with Gasteiger partial charge in [0.25, 0.3) is 0 Å². The zero-order chi connectivity index (χ0) is 13.5. The van der Waals surface area contributed by atoms with Crippen molar-refractivity contribution in [1.29, 1.82) is 0 Å². The van der Waals surface area contributed by atoms with Crippen molar-refractivity contribution in [2.75, 3.05) is 6.54 Å². The van der Waals surface area contributed by atoms with Crippen molar-refractivity contribution in [1.82, 2.24) is 4.90 Å². The lowest BCUT2D eigenvalue weighted by molar-refractivity contribution is 0.152. The number of benzene rings is 2. The van der Waals surface area contributed by atoms with Crippen LogP contribution in [0.3, 0.4) is 0 Å². The molecule has 20 heavy (non-hydrogen) atoms. The van der Waals surface area contributed by atoms with E-state index in [1.165, 1.54) is 47.6 Å². The predicted molar refractivity (Wildman–Crippen MR) is 83.5 cm³/mol. The SMILES string of the molecule is NCC1c2ccc3ccccc3c2CN1C1CCCC1. The highest BCUT2D eigenvalue weighted by molar-refractivity contribution is 5.87. The van der Waals surface area contributed by atoms with Crippen molar-refractivity contribution >= 4 is 10.8 Å². The number of fused-ring (bicyclic) bond motifs is 3. The quantitative estimate of drug-likeness (QED) is 0.900. The Morgan fingerprint density at radius 2 is 1.85 bits per heavy atom. The Balaban J connectivity index is 1.80. The normalized spacial score (nSPS) is 23.6. The van der Waals surface area contributed by atoms with Gasteiger partial charge in [-0.1, -0.05) is 49.2 Å². The molecule has 2 aromatic carbocycles. The molecule has 104 valence electrons. The summed E-state index contributed by atoms with van der Waals surface area (Å²) in [5, 5.41) is 2.78. The summed E-state index contributed by atoms with van der Waals surface area (Å²) < 4.78 is 0. The molecule has 0 bridgehead atoms. The van der Waals surface area contributed by atoms with Gasteiger partial charge in [-0.3, -0.25) is 4.90 Å². The molecule has 0 aromatic heterocycles. The van der Waals surface area contributed by atoms with Gasteiger partial charge in [0.05, 0.1) is 0 Å². The van der Waals surface area contributed by atoms with Crippen LogP contribution in [0.2, 0.25) is 0 Å². The van der Waals surface area contributed by atoms with E-state index >= 15 is 0 Å². The van der Waals surface area contributed by atoms with Crippen LogP contribution in [0.25, 0.3) is 10.8 Å². The highest BCUT2D eigenvalue weighted by atomic mass is 15.2. The molecule has 1 aliphatic carbocycles. The summed E-state index contributed by atoms with van der Waals surface area (Å²) in [6, 6.07) is 14.5. The molecule has 2 N–H and O–H groups in total. The van der Waals surface area contributed by atoms with Crippen molar-refractivity contribution in [3.63, 3.8) is 0 Å². The molecule has 2 aliphatic rings. The molecule has 1 unspecified atom stereocenters. The molecule has 2 heteroatoms. The van der Waals surface area contributed by atoms with Crippen LogP contribution in [0.5, 0.6) is 0 Å². The maximum Gasteiger partial charge on any atom is 0.0480 e. The summed E-state index contributed by atoms with van der Waals surface area (Å²) in [5.74, 6) is 0. The number of hydrogen-bond donors (Lipinski definition) is 1. The molecule has 1 saturated carbocycles. The van der Waals surface area contributed by atoms with Gasteiger partial charge in [-0.25, -0.2) is 0 Å². The number of nitrogens with zero attached hydrogens (tertiary/aromatic N) is 1. The van der Waals surface area contributed by atoms with E-state index < -0.39 is 0 Å². The van der Waals surface area contributed by atoms with Crippen LogP contribution in [0.1, 0.15) is 42.9 Å². The first kappa shape index (κ1) is 12.4. The topological polar surface area (TPSA) is 29.3 Å². The van der Waals surface area contributed by atoms with E-state index in [0.29, 0.717) is 6.04 Å². The van der Waals surface area contributed by atoms with Crippen LogP contribution in [0, 0.1) is 0 Å². The second kappa shape index (κ2) is 4.87.